The zero-order valence-electron chi connectivity index (χ0n) is 11.6. The van der Waals surface area contributed by atoms with Crippen molar-refractivity contribution >= 4 is 34.0 Å². The molecular weight excluding hydrogens is 278 g/mol. The molecule has 0 bridgehead atoms. The molecule has 0 unspecified atom stereocenters. The van der Waals surface area contributed by atoms with Gasteiger partial charge < -0.3 is 10.1 Å². The summed E-state index contributed by atoms with van der Waals surface area (Å²) in [4.78, 5) is 35.5. The summed E-state index contributed by atoms with van der Waals surface area (Å²) in [7, 11) is 0. The summed E-state index contributed by atoms with van der Waals surface area (Å²) in [6.07, 6.45) is 3.85. The van der Waals surface area contributed by atoms with Gasteiger partial charge in [-0.1, -0.05) is 0 Å². The van der Waals surface area contributed by atoms with Gasteiger partial charge in [-0.3, -0.25) is 9.59 Å². The fourth-order valence-electron chi connectivity index (χ4n) is 2.27. The molecule has 0 radical (unpaired) electrons. The Morgan fingerprint density at radius 1 is 1.20 bits per heavy atom. The number of nitrogens with one attached hydrogen (secondary N) is 1. The molecule has 0 spiro atoms. The number of anilines is 1. The van der Waals surface area contributed by atoms with Crippen LogP contribution in [-0.4, -0.2) is 24.3 Å². The molecule has 1 N–H and O–H groups in total. The lowest BCUT2D eigenvalue weighted by atomic mass is 9.95. The van der Waals surface area contributed by atoms with E-state index in [4.69, 9.17) is 4.74 Å². The molecule has 0 aromatic carbocycles. The number of ketones is 1. The number of hydrogen-bond acceptors (Lipinski definition) is 5. The molecular formula is C14H17NO4S. The van der Waals surface area contributed by atoms with Gasteiger partial charge in [-0.2, -0.15) is 0 Å². The molecule has 1 aromatic heterocycles. The standard InChI is InChI=1S/C14H17NO4S/c1-8(16)7-19-14(18)12-10-5-3-4-6-11(10)20-13(12)15-9(2)17/h3-7H2,1-2H3,(H,15,17). The van der Waals surface area contributed by atoms with Gasteiger partial charge in [0.1, 0.15) is 11.6 Å². The number of esters is 1. The minimum Gasteiger partial charge on any atom is -0.454 e. The Labute approximate surface area is 121 Å². The van der Waals surface area contributed by atoms with E-state index in [1.54, 1.807) is 0 Å². The molecule has 1 amide bonds. The van der Waals surface area contributed by atoms with Crippen molar-refractivity contribution in [2.24, 2.45) is 0 Å². The predicted molar refractivity (Wildman–Crippen MR) is 76.2 cm³/mol. The van der Waals surface area contributed by atoms with E-state index >= 15 is 0 Å². The van der Waals surface area contributed by atoms with Crippen molar-refractivity contribution in [1.29, 1.82) is 0 Å². The molecule has 1 heterocycles. The van der Waals surface area contributed by atoms with Crippen LogP contribution in [0, 0.1) is 0 Å². The minimum absolute atomic E-state index is 0.205. The van der Waals surface area contributed by atoms with E-state index in [-0.39, 0.29) is 18.3 Å². The maximum absolute atomic E-state index is 12.2. The lowest BCUT2D eigenvalue weighted by Crippen LogP contribution is -2.16. The Hall–Kier alpha value is -1.69. The Kier molecular flexibility index (Phi) is 4.54. The molecule has 5 nitrogen and oxygen atoms in total. The Bertz CT molecular complexity index is 562. The summed E-state index contributed by atoms with van der Waals surface area (Å²) >= 11 is 1.44. The van der Waals surface area contributed by atoms with Crippen molar-refractivity contribution < 1.29 is 19.1 Å². The summed E-state index contributed by atoms with van der Waals surface area (Å²) in [6, 6.07) is 0. The number of rotatable bonds is 4. The van der Waals surface area contributed by atoms with E-state index in [1.807, 2.05) is 0 Å². The number of carbonyl (C=O) groups excluding carboxylic acids is 3. The van der Waals surface area contributed by atoms with Crippen molar-refractivity contribution in [3.8, 4) is 0 Å². The number of amides is 1. The largest absolute Gasteiger partial charge is 0.454 e. The molecule has 0 saturated carbocycles. The molecule has 0 saturated heterocycles. The number of fused-ring (bicyclic) bond motifs is 1. The van der Waals surface area contributed by atoms with Crippen molar-refractivity contribution in [2.45, 2.75) is 39.5 Å². The second-order valence-corrected chi connectivity index (χ2v) is 5.98. The highest BCUT2D eigenvalue weighted by Gasteiger charge is 2.27. The van der Waals surface area contributed by atoms with Crippen LogP contribution in [-0.2, 0) is 27.2 Å². The second-order valence-electron chi connectivity index (χ2n) is 4.87. The van der Waals surface area contributed by atoms with Gasteiger partial charge in [-0.15, -0.1) is 11.3 Å². The molecule has 1 aliphatic carbocycles. The van der Waals surface area contributed by atoms with E-state index in [0.717, 1.165) is 36.1 Å². The first-order valence-electron chi connectivity index (χ1n) is 6.57. The van der Waals surface area contributed by atoms with Crippen molar-refractivity contribution in [3.63, 3.8) is 0 Å². The number of thiophene rings is 1. The molecule has 0 atom stereocenters. The van der Waals surface area contributed by atoms with Crippen molar-refractivity contribution in [3.05, 3.63) is 16.0 Å². The zero-order chi connectivity index (χ0) is 14.7. The second kappa shape index (κ2) is 6.17. The fraction of sp³-hybridized carbons (Fsp3) is 0.500. The van der Waals surface area contributed by atoms with Gasteiger partial charge in [-0.05, 0) is 38.2 Å². The monoisotopic (exact) mass is 295 g/mol. The van der Waals surface area contributed by atoms with Crippen LogP contribution < -0.4 is 5.32 Å². The Balaban J connectivity index is 2.32. The summed E-state index contributed by atoms with van der Waals surface area (Å²) in [5.74, 6) is -0.948. The highest BCUT2D eigenvalue weighted by Crippen LogP contribution is 2.38. The van der Waals surface area contributed by atoms with Crippen LogP contribution in [0.2, 0.25) is 0 Å². The van der Waals surface area contributed by atoms with Crippen LogP contribution in [0.5, 0.6) is 0 Å². The van der Waals surface area contributed by atoms with E-state index < -0.39 is 5.97 Å². The van der Waals surface area contributed by atoms with Crippen molar-refractivity contribution in [1.82, 2.24) is 0 Å². The van der Waals surface area contributed by atoms with Crippen LogP contribution in [0.25, 0.3) is 0 Å². The smallest absolute Gasteiger partial charge is 0.341 e. The number of hydrogen-bond donors (Lipinski definition) is 1. The predicted octanol–water partition coefficient (Wildman–Crippen LogP) is 2.33. The van der Waals surface area contributed by atoms with Gasteiger partial charge in [-0.25, -0.2) is 4.79 Å². The molecule has 20 heavy (non-hydrogen) atoms. The van der Waals surface area contributed by atoms with Crippen molar-refractivity contribution in [2.75, 3.05) is 11.9 Å². The first-order chi connectivity index (χ1) is 9.49. The summed E-state index contributed by atoms with van der Waals surface area (Å²) < 4.78 is 5.00. The molecule has 108 valence electrons. The normalized spacial score (nSPS) is 13.5. The minimum atomic E-state index is -0.525. The highest BCUT2D eigenvalue weighted by molar-refractivity contribution is 7.17. The quantitative estimate of drug-likeness (QED) is 0.865. The van der Waals surface area contributed by atoms with Gasteiger partial charge in [0.25, 0.3) is 0 Å². The third-order valence-corrected chi connectivity index (χ3v) is 4.28. The van der Waals surface area contributed by atoms with E-state index in [1.165, 1.54) is 25.2 Å². The van der Waals surface area contributed by atoms with Crippen LogP contribution in [0.1, 0.15) is 47.5 Å². The number of ether oxygens (including phenoxy) is 1. The average Bonchev–Trinajstić information content (AvgIpc) is 2.72. The fourth-order valence-corrected chi connectivity index (χ4v) is 3.59. The van der Waals surface area contributed by atoms with Gasteiger partial charge in [0, 0.05) is 11.8 Å². The number of aryl methyl sites for hydroxylation is 1. The lowest BCUT2D eigenvalue weighted by molar-refractivity contribution is -0.120. The summed E-state index contributed by atoms with van der Waals surface area (Å²) in [5.41, 5.74) is 1.40. The van der Waals surface area contributed by atoms with Gasteiger partial charge in [0.15, 0.2) is 5.78 Å². The molecule has 1 aromatic rings. The Morgan fingerprint density at radius 3 is 2.55 bits per heavy atom. The highest BCUT2D eigenvalue weighted by atomic mass is 32.1. The van der Waals surface area contributed by atoms with Crippen LogP contribution in [0.15, 0.2) is 0 Å². The topological polar surface area (TPSA) is 72.5 Å². The van der Waals surface area contributed by atoms with E-state index in [2.05, 4.69) is 5.32 Å². The van der Waals surface area contributed by atoms with Crippen LogP contribution in [0.4, 0.5) is 5.00 Å². The maximum Gasteiger partial charge on any atom is 0.341 e. The van der Waals surface area contributed by atoms with Crippen LogP contribution >= 0.6 is 11.3 Å². The first kappa shape index (κ1) is 14.7. The van der Waals surface area contributed by atoms with Crippen LogP contribution in [0.3, 0.4) is 0 Å². The summed E-state index contributed by atoms with van der Waals surface area (Å²) in [6.45, 7) is 2.54. The molecule has 0 aliphatic heterocycles. The van der Waals surface area contributed by atoms with Gasteiger partial charge in [0.2, 0.25) is 5.91 Å². The third-order valence-electron chi connectivity index (χ3n) is 3.07. The zero-order valence-corrected chi connectivity index (χ0v) is 12.4. The van der Waals surface area contributed by atoms with Gasteiger partial charge >= 0.3 is 5.97 Å². The SMILES string of the molecule is CC(=O)COC(=O)c1c(NC(C)=O)sc2c1CCCC2. The van der Waals surface area contributed by atoms with Gasteiger partial charge in [0.05, 0.1) is 5.56 Å². The number of carbonyl (C=O) groups is 3. The number of Topliss-reactive ketones (excluding diaryl/α,β-unsaturated/α-hetero) is 1. The Morgan fingerprint density at radius 2 is 1.90 bits per heavy atom. The lowest BCUT2D eigenvalue weighted by Gasteiger charge is -2.12. The molecule has 1 aliphatic rings. The molecule has 0 fully saturated rings. The molecule has 6 heteroatoms. The molecule has 2 rings (SSSR count). The average molecular weight is 295 g/mol. The maximum atomic E-state index is 12.2. The summed E-state index contributed by atoms with van der Waals surface area (Å²) in [5, 5.41) is 3.23. The van der Waals surface area contributed by atoms with E-state index in [9.17, 15) is 14.4 Å². The first-order valence-corrected chi connectivity index (χ1v) is 7.39. The van der Waals surface area contributed by atoms with E-state index in [0.29, 0.717) is 10.6 Å². The third kappa shape index (κ3) is 3.25.